The Hall–Kier alpha value is 0.482. The monoisotopic (exact) mass is 332 g/mol. The molecule has 0 saturated carbocycles. The summed E-state index contributed by atoms with van der Waals surface area (Å²) in [6, 6.07) is 0. The quantitative estimate of drug-likeness (QED) is 0.350. The molecule has 0 amide bonds. The number of rotatable bonds is 0. The maximum atomic E-state index is 9.92. The van der Waals surface area contributed by atoms with Crippen LogP contribution in [0.25, 0.3) is 0 Å². The summed E-state index contributed by atoms with van der Waals surface area (Å²) in [7, 11) is 0. The molecule has 0 spiro atoms. The Labute approximate surface area is 71.4 Å². The van der Waals surface area contributed by atoms with Gasteiger partial charge in [0, 0.05) is 0 Å². The van der Waals surface area contributed by atoms with Crippen molar-refractivity contribution in [3.8, 4) is 0 Å². The Morgan fingerprint density at radius 2 is 2.38 bits per heavy atom. The Bertz CT molecular complexity index is 96.5. The van der Waals surface area contributed by atoms with Crippen molar-refractivity contribution in [2.75, 3.05) is 6.61 Å². The van der Waals surface area contributed by atoms with E-state index in [9.17, 15) is 4.79 Å². The second kappa shape index (κ2) is 3.50. The number of hydrogen-bond acceptors (Lipinski definition) is 3. The van der Waals surface area contributed by atoms with Crippen molar-refractivity contribution in [3.63, 3.8) is 0 Å². The fourth-order valence-corrected chi connectivity index (χ4v) is 0.442. The summed E-state index contributed by atoms with van der Waals surface area (Å²) in [6.45, 7) is 0.167. The van der Waals surface area contributed by atoms with E-state index in [1.165, 1.54) is 0 Å². The SMILES string of the molecule is O=C1OCC(Cl)O1.[PbH2]. The van der Waals surface area contributed by atoms with Gasteiger partial charge >= 0.3 is 33.5 Å². The molecule has 1 saturated heterocycles. The van der Waals surface area contributed by atoms with Crippen LogP contribution in [0.15, 0.2) is 0 Å². The van der Waals surface area contributed by atoms with Crippen molar-refractivity contribution in [2.45, 2.75) is 5.56 Å². The predicted molar refractivity (Wildman–Crippen MR) is 30.6 cm³/mol. The number of hydrogen-bond donors (Lipinski definition) is 0. The van der Waals surface area contributed by atoms with E-state index in [-0.39, 0.29) is 33.9 Å². The molecule has 1 atom stereocenters. The van der Waals surface area contributed by atoms with Gasteiger partial charge in [-0.15, -0.1) is 0 Å². The molecule has 1 aliphatic rings. The Morgan fingerprint density at radius 3 is 2.50 bits per heavy atom. The average molecular weight is 332 g/mol. The topological polar surface area (TPSA) is 35.5 Å². The first-order valence-corrected chi connectivity index (χ1v) is 2.20. The molecule has 46 valence electrons. The molecule has 1 unspecified atom stereocenters. The van der Waals surface area contributed by atoms with Gasteiger partial charge < -0.3 is 9.47 Å². The van der Waals surface area contributed by atoms with Crippen molar-refractivity contribution in [3.05, 3.63) is 0 Å². The summed E-state index contributed by atoms with van der Waals surface area (Å²) >= 11 is 5.24. The molecule has 0 aromatic rings. The molecule has 1 fully saturated rings. The van der Waals surface area contributed by atoms with Gasteiger partial charge in [-0.1, -0.05) is 11.6 Å². The molecule has 0 bridgehead atoms. The number of halogens is 1. The van der Waals surface area contributed by atoms with E-state index in [0.29, 0.717) is 0 Å². The van der Waals surface area contributed by atoms with Crippen LogP contribution in [0.5, 0.6) is 0 Å². The molecule has 0 aromatic carbocycles. The summed E-state index contributed by atoms with van der Waals surface area (Å²) in [4.78, 5) is 9.92. The predicted octanol–water partition coefficient (Wildman–Crippen LogP) is -0.198. The summed E-state index contributed by atoms with van der Waals surface area (Å²) in [5, 5.41) is 0. The molecule has 3 nitrogen and oxygen atoms in total. The van der Waals surface area contributed by atoms with Crippen molar-refractivity contribution in [2.24, 2.45) is 0 Å². The van der Waals surface area contributed by atoms with Crippen LogP contribution >= 0.6 is 11.6 Å². The van der Waals surface area contributed by atoms with Gasteiger partial charge in [-0.3, -0.25) is 0 Å². The third kappa shape index (κ3) is 2.17. The van der Waals surface area contributed by atoms with Gasteiger partial charge in [-0.2, -0.15) is 0 Å². The second-order valence-electron chi connectivity index (χ2n) is 1.09. The molecule has 1 rings (SSSR count). The summed E-state index contributed by atoms with van der Waals surface area (Å²) in [5.74, 6) is 0. The van der Waals surface area contributed by atoms with Gasteiger partial charge in [0.2, 0.25) is 5.56 Å². The summed E-state index contributed by atoms with van der Waals surface area (Å²) in [5.41, 5.74) is -0.576. The molecular weight excluding hydrogens is 327 g/mol. The van der Waals surface area contributed by atoms with E-state index >= 15 is 0 Å². The van der Waals surface area contributed by atoms with Crippen LogP contribution in [0.1, 0.15) is 0 Å². The molecule has 1 heterocycles. The van der Waals surface area contributed by atoms with Crippen molar-refractivity contribution < 1.29 is 14.3 Å². The van der Waals surface area contributed by atoms with Crippen molar-refractivity contribution >= 4 is 45.1 Å². The Balaban J connectivity index is 0.000000490. The van der Waals surface area contributed by atoms with E-state index in [1.807, 2.05) is 0 Å². The normalized spacial score (nSPS) is 25.6. The van der Waals surface area contributed by atoms with Gasteiger partial charge in [0.15, 0.2) is 0 Å². The molecule has 2 radical (unpaired) electrons. The first-order chi connectivity index (χ1) is 3.29. The number of cyclic esters (lactones) is 2. The minimum absolute atomic E-state index is 0. The zero-order valence-corrected chi connectivity index (χ0v) is 10.3. The Morgan fingerprint density at radius 1 is 1.75 bits per heavy atom. The van der Waals surface area contributed by atoms with Gasteiger partial charge in [0.1, 0.15) is 6.61 Å². The van der Waals surface area contributed by atoms with Crippen LogP contribution in [0.3, 0.4) is 0 Å². The fraction of sp³-hybridized carbons (Fsp3) is 0.667. The maximum absolute atomic E-state index is 9.92. The molecule has 0 aromatic heterocycles. The molecule has 5 heteroatoms. The van der Waals surface area contributed by atoms with E-state index in [1.54, 1.807) is 0 Å². The van der Waals surface area contributed by atoms with Crippen LogP contribution in [-0.4, -0.2) is 45.6 Å². The summed E-state index contributed by atoms with van der Waals surface area (Å²) < 4.78 is 8.54. The zero-order chi connectivity index (χ0) is 5.28. The average Bonchev–Trinajstić information content (AvgIpc) is 1.87. The zero-order valence-electron chi connectivity index (χ0n) is 4.09. The van der Waals surface area contributed by atoms with Crippen LogP contribution in [0.4, 0.5) is 4.79 Å². The summed E-state index contributed by atoms with van der Waals surface area (Å²) in [6.07, 6.45) is -0.681. The first kappa shape index (κ1) is 8.48. The number of alkyl halides is 1. The van der Waals surface area contributed by atoms with E-state index < -0.39 is 11.7 Å². The van der Waals surface area contributed by atoms with Crippen LogP contribution in [0.2, 0.25) is 0 Å². The molecule has 1 aliphatic heterocycles. The number of carbonyl (C=O) groups excluding carboxylic acids is 1. The molecular formula is C3H5ClO3Pb. The van der Waals surface area contributed by atoms with Gasteiger partial charge in [0.05, 0.1) is 0 Å². The minimum atomic E-state index is -0.681. The van der Waals surface area contributed by atoms with Gasteiger partial charge in [-0.25, -0.2) is 4.79 Å². The first-order valence-electron chi connectivity index (χ1n) is 1.76. The van der Waals surface area contributed by atoms with Crippen LogP contribution in [-0.2, 0) is 9.47 Å². The molecule has 8 heavy (non-hydrogen) atoms. The van der Waals surface area contributed by atoms with Gasteiger partial charge in [-0.05, 0) is 0 Å². The Kier molecular flexibility index (Phi) is 3.71. The third-order valence-corrected chi connectivity index (χ3v) is 0.771. The number of ether oxygens (including phenoxy) is 2. The van der Waals surface area contributed by atoms with E-state index in [4.69, 9.17) is 11.6 Å². The second-order valence-corrected chi connectivity index (χ2v) is 1.58. The van der Waals surface area contributed by atoms with Gasteiger partial charge in [0.25, 0.3) is 0 Å². The van der Waals surface area contributed by atoms with Crippen LogP contribution < -0.4 is 0 Å². The van der Waals surface area contributed by atoms with E-state index in [0.717, 1.165) is 0 Å². The third-order valence-electron chi connectivity index (χ3n) is 0.556. The van der Waals surface area contributed by atoms with Crippen molar-refractivity contribution in [1.29, 1.82) is 0 Å². The van der Waals surface area contributed by atoms with Crippen LogP contribution in [0, 0.1) is 0 Å². The fourth-order valence-electron chi connectivity index (χ4n) is 0.306. The molecule has 0 N–H and O–H groups in total. The molecule has 0 aliphatic carbocycles. The van der Waals surface area contributed by atoms with Crippen molar-refractivity contribution in [1.82, 2.24) is 0 Å². The number of carbonyl (C=O) groups is 1. The standard InChI is InChI=1S/C3H3ClO3.Pb.2H/c4-2-1-6-3(5)7-2;;;/h2H,1H2;;;. The van der Waals surface area contributed by atoms with E-state index in [2.05, 4.69) is 9.47 Å².